The van der Waals surface area contributed by atoms with Gasteiger partial charge in [0, 0.05) is 0 Å². The average molecular weight is 432 g/mol. The van der Waals surface area contributed by atoms with Gasteiger partial charge in [-0.05, 0) is 72.9 Å². The summed E-state index contributed by atoms with van der Waals surface area (Å²) < 4.78 is 31.0. The number of aryl methyl sites for hydroxylation is 2. The zero-order chi connectivity index (χ0) is 22.3. The minimum atomic E-state index is -3.63. The van der Waals surface area contributed by atoms with E-state index in [4.69, 9.17) is 4.74 Å². The molecule has 30 heavy (non-hydrogen) atoms. The number of benzene rings is 2. The van der Waals surface area contributed by atoms with E-state index in [-0.39, 0.29) is 6.54 Å². The van der Waals surface area contributed by atoms with Crippen molar-refractivity contribution < 1.29 is 17.9 Å². The fraction of sp³-hybridized carbons (Fsp3) is 0.364. The number of sulfonamides is 1. The predicted molar refractivity (Wildman–Crippen MR) is 121 cm³/mol. The monoisotopic (exact) mass is 431 g/mol. The molecule has 0 spiro atoms. The van der Waals surface area contributed by atoms with Crippen molar-refractivity contribution in [2.75, 3.05) is 23.7 Å². The standard InChI is InChI=1S/C22H29N3O4S/c1-16(2)15-29-21-10-7-19(8-11-21)13-23-24-22(26)14-25(30(5,27)28)20-9-6-17(3)18(4)12-20/h6-13,16H,14-15H2,1-5H3,(H,24,26)/b23-13-. The Kier molecular flexibility index (Phi) is 8.00. The second-order valence-corrected chi connectivity index (χ2v) is 9.51. The maximum atomic E-state index is 12.3. The minimum Gasteiger partial charge on any atom is -0.493 e. The summed E-state index contributed by atoms with van der Waals surface area (Å²) in [5.41, 5.74) is 5.59. The lowest BCUT2D eigenvalue weighted by Gasteiger charge is -2.22. The fourth-order valence-electron chi connectivity index (χ4n) is 2.54. The summed E-state index contributed by atoms with van der Waals surface area (Å²) in [5, 5.41) is 3.92. The summed E-state index contributed by atoms with van der Waals surface area (Å²) >= 11 is 0. The summed E-state index contributed by atoms with van der Waals surface area (Å²) in [6, 6.07) is 12.6. The van der Waals surface area contributed by atoms with Crippen LogP contribution < -0.4 is 14.5 Å². The van der Waals surface area contributed by atoms with Gasteiger partial charge in [-0.2, -0.15) is 5.10 Å². The van der Waals surface area contributed by atoms with E-state index in [1.165, 1.54) is 6.21 Å². The fourth-order valence-corrected chi connectivity index (χ4v) is 3.39. The van der Waals surface area contributed by atoms with Crippen LogP contribution in [0, 0.1) is 19.8 Å². The van der Waals surface area contributed by atoms with Crippen LogP contribution in [0.3, 0.4) is 0 Å². The topological polar surface area (TPSA) is 88.1 Å². The summed E-state index contributed by atoms with van der Waals surface area (Å²) in [6.45, 7) is 8.27. The third kappa shape index (κ3) is 7.18. The van der Waals surface area contributed by atoms with Crippen molar-refractivity contribution in [3.8, 4) is 5.75 Å². The Bertz CT molecular complexity index is 1000. The number of rotatable bonds is 9. The largest absolute Gasteiger partial charge is 0.493 e. The second kappa shape index (κ2) is 10.2. The first kappa shape index (κ1) is 23.4. The van der Waals surface area contributed by atoms with Crippen LogP contribution in [0.15, 0.2) is 47.6 Å². The zero-order valence-corrected chi connectivity index (χ0v) is 18.9. The van der Waals surface area contributed by atoms with Gasteiger partial charge in [-0.1, -0.05) is 19.9 Å². The summed E-state index contributed by atoms with van der Waals surface area (Å²) in [4.78, 5) is 12.3. The van der Waals surface area contributed by atoms with Gasteiger partial charge in [0.2, 0.25) is 10.0 Å². The molecule has 0 bridgehead atoms. The molecule has 0 heterocycles. The molecular formula is C22H29N3O4S. The number of nitrogens with zero attached hydrogens (tertiary/aromatic N) is 2. The number of hydrogen-bond acceptors (Lipinski definition) is 5. The van der Waals surface area contributed by atoms with Crippen LogP contribution in [0.5, 0.6) is 5.75 Å². The molecule has 8 heteroatoms. The third-order valence-electron chi connectivity index (χ3n) is 4.33. The Hall–Kier alpha value is -2.87. The Morgan fingerprint density at radius 1 is 1.13 bits per heavy atom. The number of hydrogen-bond donors (Lipinski definition) is 1. The highest BCUT2D eigenvalue weighted by atomic mass is 32.2. The molecule has 0 aliphatic heterocycles. The molecule has 2 rings (SSSR count). The molecule has 7 nitrogen and oxygen atoms in total. The molecule has 1 amide bonds. The van der Waals surface area contributed by atoms with E-state index in [0.29, 0.717) is 18.2 Å². The van der Waals surface area contributed by atoms with Gasteiger partial charge in [-0.3, -0.25) is 9.10 Å². The Balaban J connectivity index is 1.99. The average Bonchev–Trinajstić information content (AvgIpc) is 2.67. The summed E-state index contributed by atoms with van der Waals surface area (Å²) in [5.74, 6) is 0.672. The lowest BCUT2D eigenvalue weighted by Crippen LogP contribution is -2.39. The van der Waals surface area contributed by atoms with E-state index in [0.717, 1.165) is 33.0 Å². The van der Waals surface area contributed by atoms with E-state index >= 15 is 0 Å². The Morgan fingerprint density at radius 2 is 1.80 bits per heavy atom. The number of ether oxygens (including phenoxy) is 1. The lowest BCUT2D eigenvalue weighted by molar-refractivity contribution is -0.119. The van der Waals surface area contributed by atoms with Crippen LogP contribution in [-0.4, -0.2) is 39.9 Å². The van der Waals surface area contributed by atoms with Crippen LogP contribution in [-0.2, 0) is 14.8 Å². The summed E-state index contributed by atoms with van der Waals surface area (Å²) in [6.07, 6.45) is 2.56. The molecule has 0 saturated heterocycles. The SMILES string of the molecule is Cc1ccc(N(CC(=O)N/N=C\c2ccc(OCC(C)C)cc2)S(C)(=O)=O)cc1C. The molecule has 0 aromatic heterocycles. The highest BCUT2D eigenvalue weighted by molar-refractivity contribution is 7.92. The van der Waals surface area contributed by atoms with E-state index < -0.39 is 15.9 Å². The number of hydrazone groups is 1. The van der Waals surface area contributed by atoms with Crippen LogP contribution in [0.2, 0.25) is 0 Å². The number of anilines is 1. The molecule has 0 unspecified atom stereocenters. The van der Waals surface area contributed by atoms with Crippen molar-refractivity contribution in [1.29, 1.82) is 0 Å². The van der Waals surface area contributed by atoms with Gasteiger partial charge in [0.05, 0.1) is 24.8 Å². The molecule has 0 aliphatic carbocycles. The van der Waals surface area contributed by atoms with Gasteiger partial charge in [0.15, 0.2) is 0 Å². The van der Waals surface area contributed by atoms with E-state index in [2.05, 4.69) is 24.4 Å². The van der Waals surface area contributed by atoms with Gasteiger partial charge >= 0.3 is 0 Å². The van der Waals surface area contributed by atoms with E-state index in [1.807, 2.05) is 44.2 Å². The van der Waals surface area contributed by atoms with Crippen molar-refractivity contribution in [2.24, 2.45) is 11.0 Å². The van der Waals surface area contributed by atoms with Crippen LogP contribution in [0.25, 0.3) is 0 Å². The van der Waals surface area contributed by atoms with Crippen LogP contribution in [0.4, 0.5) is 5.69 Å². The molecule has 0 radical (unpaired) electrons. The second-order valence-electron chi connectivity index (χ2n) is 7.61. The highest BCUT2D eigenvalue weighted by Gasteiger charge is 2.21. The van der Waals surface area contributed by atoms with Gasteiger partial charge in [0.25, 0.3) is 5.91 Å². The number of carbonyl (C=O) groups is 1. The zero-order valence-electron chi connectivity index (χ0n) is 18.0. The molecule has 2 aromatic carbocycles. The van der Waals surface area contributed by atoms with Crippen molar-refractivity contribution in [2.45, 2.75) is 27.7 Å². The summed E-state index contributed by atoms with van der Waals surface area (Å²) in [7, 11) is -3.63. The van der Waals surface area contributed by atoms with Gasteiger partial charge in [-0.25, -0.2) is 13.8 Å². The van der Waals surface area contributed by atoms with Gasteiger partial charge in [-0.15, -0.1) is 0 Å². The lowest BCUT2D eigenvalue weighted by atomic mass is 10.1. The smallest absolute Gasteiger partial charge is 0.260 e. The molecule has 1 N–H and O–H groups in total. The van der Waals surface area contributed by atoms with Crippen LogP contribution in [0.1, 0.15) is 30.5 Å². The first-order valence-electron chi connectivity index (χ1n) is 9.66. The quantitative estimate of drug-likeness (QED) is 0.488. The molecule has 2 aromatic rings. The third-order valence-corrected chi connectivity index (χ3v) is 5.47. The number of carbonyl (C=O) groups excluding carboxylic acids is 1. The van der Waals surface area contributed by atoms with Crippen LogP contribution >= 0.6 is 0 Å². The van der Waals surface area contributed by atoms with Crippen molar-refractivity contribution in [1.82, 2.24) is 5.43 Å². The molecule has 0 saturated carbocycles. The maximum absolute atomic E-state index is 12.3. The molecule has 0 fully saturated rings. The molecule has 0 aliphatic rings. The predicted octanol–water partition coefficient (Wildman–Crippen LogP) is 3.25. The van der Waals surface area contributed by atoms with E-state index in [9.17, 15) is 13.2 Å². The molecule has 0 atom stereocenters. The van der Waals surface area contributed by atoms with Crippen molar-refractivity contribution >= 4 is 27.8 Å². The van der Waals surface area contributed by atoms with Gasteiger partial charge in [0.1, 0.15) is 12.3 Å². The van der Waals surface area contributed by atoms with Crippen molar-refractivity contribution in [3.05, 3.63) is 59.2 Å². The van der Waals surface area contributed by atoms with E-state index in [1.54, 1.807) is 12.1 Å². The highest BCUT2D eigenvalue weighted by Crippen LogP contribution is 2.21. The molecular weight excluding hydrogens is 402 g/mol. The Labute approximate surface area is 178 Å². The number of nitrogens with one attached hydrogen (secondary N) is 1. The minimum absolute atomic E-state index is 0.360. The normalized spacial score (nSPS) is 11.7. The number of amides is 1. The maximum Gasteiger partial charge on any atom is 0.260 e. The van der Waals surface area contributed by atoms with Crippen molar-refractivity contribution in [3.63, 3.8) is 0 Å². The first-order valence-corrected chi connectivity index (χ1v) is 11.5. The Morgan fingerprint density at radius 3 is 2.37 bits per heavy atom. The van der Waals surface area contributed by atoms with Gasteiger partial charge < -0.3 is 4.74 Å². The molecule has 162 valence electrons. The first-order chi connectivity index (χ1) is 14.1.